The van der Waals surface area contributed by atoms with Gasteiger partial charge in [-0.3, -0.25) is 4.79 Å². The van der Waals surface area contributed by atoms with Crippen LogP contribution in [0.1, 0.15) is 80.4 Å². The van der Waals surface area contributed by atoms with Crippen LogP contribution in [-0.2, 0) is 13.5 Å². The molecule has 2 aliphatic rings. The lowest BCUT2D eigenvalue weighted by Crippen LogP contribution is -2.26. The van der Waals surface area contributed by atoms with Crippen LogP contribution in [0, 0.1) is 23.7 Å². The van der Waals surface area contributed by atoms with Gasteiger partial charge < -0.3 is 9.55 Å². The van der Waals surface area contributed by atoms with Crippen molar-refractivity contribution in [3.05, 3.63) is 54.2 Å². The molecular weight excluding hydrogens is 394 g/mol. The molecule has 4 atom stereocenters. The Morgan fingerprint density at radius 3 is 2.72 bits per heavy atom. The first-order chi connectivity index (χ1) is 15.7. The predicted octanol–water partition coefficient (Wildman–Crippen LogP) is 6.72. The lowest BCUT2D eigenvalue weighted by Gasteiger charge is -2.35. The summed E-state index contributed by atoms with van der Waals surface area (Å²) in [5.74, 6) is 5.27. The third-order valence-electron chi connectivity index (χ3n) is 8.39. The number of H-pyrrole nitrogens is 1. The molecule has 0 spiro atoms. The highest BCUT2D eigenvalue weighted by molar-refractivity contribution is 5.99. The Kier molecular flexibility index (Phi) is 6.47. The van der Waals surface area contributed by atoms with E-state index in [2.05, 4.69) is 27.8 Å². The number of carbonyl (C=O) groups is 1. The van der Waals surface area contributed by atoms with Gasteiger partial charge in [0.1, 0.15) is 5.82 Å². The maximum atomic E-state index is 12.6. The zero-order valence-electron chi connectivity index (χ0n) is 19.4. The number of Topliss-reactive ketones (excluding diaryl/α,β-unsaturated/α-hetero) is 1. The second kappa shape index (κ2) is 9.64. The fourth-order valence-electron chi connectivity index (χ4n) is 6.70. The molecule has 0 radical (unpaired) electrons. The van der Waals surface area contributed by atoms with E-state index in [9.17, 15) is 4.79 Å². The third-order valence-corrected chi connectivity index (χ3v) is 8.39. The number of aromatic amines is 1. The molecule has 5 rings (SSSR count). The molecule has 0 amide bonds. The molecule has 4 nitrogen and oxygen atoms in total. The number of aromatic nitrogens is 3. The maximum Gasteiger partial charge on any atom is 0.162 e. The summed E-state index contributed by atoms with van der Waals surface area (Å²) in [4.78, 5) is 20.3. The van der Waals surface area contributed by atoms with Crippen LogP contribution in [0.2, 0.25) is 0 Å². The first kappa shape index (κ1) is 21.5. The summed E-state index contributed by atoms with van der Waals surface area (Å²) in [7, 11) is 2.10. The van der Waals surface area contributed by atoms with E-state index in [1.165, 1.54) is 62.6 Å². The molecule has 2 aromatic heterocycles. The molecule has 32 heavy (non-hydrogen) atoms. The number of nitrogens with one attached hydrogen (secondary N) is 1. The number of rotatable bonds is 10. The highest BCUT2D eigenvalue weighted by Crippen LogP contribution is 2.51. The van der Waals surface area contributed by atoms with E-state index in [4.69, 9.17) is 0 Å². The second-order valence-electron chi connectivity index (χ2n) is 10.4. The lowest BCUT2D eigenvalue weighted by atomic mass is 9.70. The Hall–Kier alpha value is -2.36. The van der Waals surface area contributed by atoms with Crippen molar-refractivity contribution < 1.29 is 4.79 Å². The van der Waals surface area contributed by atoms with Crippen LogP contribution in [0.4, 0.5) is 0 Å². The molecule has 170 valence electrons. The molecule has 2 saturated carbocycles. The van der Waals surface area contributed by atoms with Gasteiger partial charge in [-0.15, -0.1) is 0 Å². The molecule has 2 heterocycles. The van der Waals surface area contributed by atoms with Crippen molar-refractivity contribution in [1.82, 2.24) is 14.5 Å². The van der Waals surface area contributed by atoms with Crippen LogP contribution < -0.4 is 0 Å². The molecule has 2 aliphatic carbocycles. The van der Waals surface area contributed by atoms with Crippen molar-refractivity contribution in [2.45, 2.75) is 70.6 Å². The summed E-state index contributed by atoms with van der Waals surface area (Å²) in [6.07, 6.45) is 19.7. The molecule has 2 bridgehead atoms. The number of ketones is 1. The fraction of sp³-hybridized carbons (Fsp3) is 0.571. The minimum Gasteiger partial charge on any atom is -0.361 e. The summed E-state index contributed by atoms with van der Waals surface area (Å²) >= 11 is 0. The largest absolute Gasteiger partial charge is 0.361 e. The van der Waals surface area contributed by atoms with E-state index in [1.807, 2.05) is 36.7 Å². The standard InChI is InChI=1S/C28H37N3O/c1-31-16-15-30-28(31)8-4-6-25-22-10-11-23(25)18-20(17-22)5-2-3-7-27(32)24-12-9-21-13-14-29-26(21)19-24/h9,12-16,19-20,22-23,25,29H,2-8,10-11,17-18H2,1H3/t20-,22-,23+,25?. The molecule has 3 aromatic rings. The summed E-state index contributed by atoms with van der Waals surface area (Å²) in [6.45, 7) is 0. The van der Waals surface area contributed by atoms with Gasteiger partial charge >= 0.3 is 0 Å². The summed E-state index contributed by atoms with van der Waals surface area (Å²) in [5.41, 5.74) is 1.91. The van der Waals surface area contributed by atoms with Crippen molar-refractivity contribution in [2.75, 3.05) is 0 Å². The van der Waals surface area contributed by atoms with Crippen LogP contribution in [0.15, 0.2) is 42.9 Å². The molecule has 1 unspecified atom stereocenters. The van der Waals surface area contributed by atoms with E-state index in [1.54, 1.807) is 0 Å². The van der Waals surface area contributed by atoms with Gasteiger partial charge in [0.05, 0.1) is 0 Å². The van der Waals surface area contributed by atoms with Gasteiger partial charge in [-0.25, -0.2) is 4.98 Å². The zero-order chi connectivity index (χ0) is 21.9. The quantitative estimate of drug-likeness (QED) is 0.286. The minimum atomic E-state index is 0.290. The van der Waals surface area contributed by atoms with E-state index < -0.39 is 0 Å². The highest BCUT2D eigenvalue weighted by atomic mass is 16.1. The van der Waals surface area contributed by atoms with Gasteiger partial charge in [-0.2, -0.15) is 0 Å². The van der Waals surface area contributed by atoms with Gasteiger partial charge in [0.25, 0.3) is 0 Å². The molecule has 0 saturated heterocycles. The third kappa shape index (κ3) is 4.69. The van der Waals surface area contributed by atoms with Crippen molar-refractivity contribution in [3.63, 3.8) is 0 Å². The average Bonchev–Trinajstić information content (AvgIpc) is 3.49. The second-order valence-corrected chi connectivity index (χ2v) is 10.4. The average molecular weight is 432 g/mol. The number of hydrogen-bond donors (Lipinski definition) is 1. The monoisotopic (exact) mass is 431 g/mol. The Morgan fingerprint density at radius 1 is 1.09 bits per heavy atom. The Bertz CT molecular complexity index is 1030. The highest BCUT2D eigenvalue weighted by Gasteiger charge is 2.41. The number of benzene rings is 1. The van der Waals surface area contributed by atoms with Crippen LogP contribution in [0.25, 0.3) is 10.9 Å². The maximum absolute atomic E-state index is 12.6. The van der Waals surface area contributed by atoms with Crippen molar-refractivity contribution in [1.29, 1.82) is 0 Å². The number of unbranched alkanes of at least 4 members (excludes halogenated alkanes) is 1. The topological polar surface area (TPSA) is 50.7 Å². The summed E-state index contributed by atoms with van der Waals surface area (Å²) in [6, 6.07) is 8.07. The van der Waals surface area contributed by atoms with Crippen molar-refractivity contribution >= 4 is 16.7 Å². The van der Waals surface area contributed by atoms with Gasteiger partial charge in [0.2, 0.25) is 0 Å². The summed E-state index contributed by atoms with van der Waals surface area (Å²) in [5, 5.41) is 1.17. The first-order valence-corrected chi connectivity index (χ1v) is 12.7. The van der Waals surface area contributed by atoms with Crippen LogP contribution in [-0.4, -0.2) is 20.3 Å². The number of nitrogens with zero attached hydrogens (tertiary/aromatic N) is 2. The number of carbonyl (C=O) groups excluding carboxylic acids is 1. The van der Waals surface area contributed by atoms with E-state index in [0.717, 1.165) is 47.6 Å². The molecule has 0 aliphatic heterocycles. The predicted molar refractivity (Wildman–Crippen MR) is 130 cm³/mol. The lowest BCUT2D eigenvalue weighted by molar-refractivity contribution is 0.0976. The smallest absolute Gasteiger partial charge is 0.162 e. The van der Waals surface area contributed by atoms with Gasteiger partial charge in [-0.1, -0.05) is 25.0 Å². The Labute approximate surface area is 191 Å². The van der Waals surface area contributed by atoms with Crippen LogP contribution in [0.5, 0.6) is 0 Å². The van der Waals surface area contributed by atoms with Gasteiger partial charge in [-0.05, 0) is 86.1 Å². The number of imidazole rings is 1. The number of hydrogen-bond acceptors (Lipinski definition) is 2. The van der Waals surface area contributed by atoms with Gasteiger partial charge in [0.15, 0.2) is 5.78 Å². The van der Waals surface area contributed by atoms with Crippen LogP contribution in [0.3, 0.4) is 0 Å². The van der Waals surface area contributed by atoms with Crippen molar-refractivity contribution in [2.24, 2.45) is 30.7 Å². The molecule has 2 fully saturated rings. The zero-order valence-corrected chi connectivity index (χ0v) is 19.4. The molecule has 4 heteroatoms. The molecular formula is C28H37N3O. The first-order valence-electron chi connectivity index (χ1n) is 12.7. The Morgan fingerprint density at radius 2 is 1.94 bits per heavy atom. The van der Waals surface area contributed by atoms with Crippen LogP contribution >= 0.6 is 0 Å². The Balaban J connectivity index is 1.03. The van der Waals surface area contributed by atoms with Gasteiger partial charge in [0, 0.05) is 49.6 Å². The normalized spacial score (nSPS) is 24.9. The van der Waals surface area contributed by atoms with E-state index >= 15 is 0 Å². The SMILES string of the molecule is Cn1ccnc1CCCC1[C@@H]2CC[C@H]1C[C@H](CCCCC(=O)c1ccc3cc[nH]c3c1)C2. The fourth-order valence-corrected chi connectivity index (χ4v) is 6.70. The molecule has 1 N–H and O–H groups in total. The minimum absolute atomic E-state index is 0.290. The van der Waals surface area contributed by atoms with E-state index in [-0.39, 0.29) is 5.78 Å². The number of fused-ring (bicyclic) bond motifs is 3. The van der Waals surface area contributed by atoms with E-state index in [0.29, 0.717) is 6.42 Å². The van der Waals surface area contributed by atoms with Crippen molar-refractivity contribution in [3.8, 4) is 0 Å². The number of aryl methyl sites for hydroxylation is 2. The molecule has 1 aromatic carbocycles. The summed E-state index contributed by atoms with van der Waals surface area (Å²) < 4.78 is 2.16.